The van der Waals surface area contributed by atoms with Crippen LogP contribution in [0.15, 0.2) is 23.9 Å². The minimum atomic E-state index is -4.93. The first kappa shape index (κ1) is 24.9. The van der Waals surface area contributed by atoms with Crippen molar-refractivity contribution in [3.05, 3.63) is 52.1 Å². The molecule has 2 aliphatic carbocycles. The van der Waals surface area contributed by atoms with Crippen LogP contribution in [0.5, 0.6) is 17.2 Å². The summed E-state index contributed by atoms with van der Waals surface area (Å²) in [5.41, 5.74) is -2.56. The van der Waals surface area contributed by atoms with E-state index in [-0.39, 0.29) is 35.1 Å². The van der Waals surface area contributed by atoms with Crippen LogP contribution in [0.3, 0.4) is 0 Å². The summed E-state index contributed by atoms with van der Waals surface area (Å²) in [5.74, 6) is -1.68. The average molecular weight is 545 g/mol. The number of hydrogen-bond donors (Lipinski definition) is 2. The quantitative estimate of drug-likeness (QED) is 0.468. The Morgan fingerprint density at radius 3 is 2.38 bits per heavy atom. The van der Waals surface area contributed by atoms with Crippen LogP contribution in [-0.4, -0.2) is 67.5 Å². The second kappa shape index (κ2) is 8.04. The highest BCUT2D eigenvalue weighted by atomic mass is 19.4. The fourth-order valence-corrected chi connectivity index (χ4v) is 6.11. The Bertz CT molecular complexity index is 1630. The number of methoxy groups -OCH3 is 4. The van der Waals surface area contributed by atoms with Crippen LogP contribution in [0.4, 0.5) is 13.2 Å². The van der Waals surface area contributed by atoms with Gasteiger partial charge in [-0.25, -0.2) is 4.79 Å². The summed E-state index contributed by atoms with van der Waals surface area (Å²) in [6.07, 6.45) is -3.36. The average Bonchev–Trinajstić information content (AvgIpc) is 3.22. The molecule has 3 aliphatic rings. The van der Waals surface area contributed by atoms with Crippen molar-refractivity contribution in [1.29, 1.82) is 0 Å². The van der Waals surface area contributed by atoms with Crippen molar-refractivity contribution in [2.75, 3.05) is 35.0 Å². The van der Waals surface area contributed by atoms with Gasteiger partial charge in [0.15, 0.2) is 11.5 Å². The van der Waals surface area contributed by atoms with E-state index >= 15 is 0 Å². The maximum Gasteiger partial charge on any atom is 0.432 e. The molecule has 0 unspecified atom stereocenters. The van der Waals surface area contributed by atoms with Crippen molar-refractivity contribution in [3.8, 4) is 17.2 Å². The van der Waals surface area contributed by atoms with E-state index in [0.29, 0.717) is 34.6 Å². The van der Waals surface area contributed by atoms with Gasteiger partial charge in [0, 0.05) is 40.7 Å². The van der Waals surface area contributed by atoms with Crippen LogP contribution in [0.1, 0.15) is 49.0 Å². The summed E-state index contributed by atoms with van der Waals surface area (Å²) in [7, 11) is 5.34. The standard InChI is InChI=1S/C26H22F3N3O7/c1-36-15-6-12-11(20(37-2)21(15)38-3)5-13(30-12)23(34)32-9-10-8-25(10)16(32)7-14(33)19-18(25)17(24(35)39-4)22(31-19)26(27,28)29/h5-7,10,30-31H,8-9H2,1-4H3/t10-,25-/m1/s1. The number of carbonyl (C=O) groups excluding carboxylic acids is 3. The minimum Gasteiger partial charge on any atom is -0.493 e. The van der Waals surface area contributed by atoms with Gasteiger partial charge in [0.1, 0.15) is 11.4 Å². The molecular formula is C26H22F3N3O7. The van der Waals surface area contributed by atoms with Crippen molar-refractivity contribution >= 4 is 28.6 Å². The summed E-state index contributed by atoms with van der Waals surface area (Å²) in [5, 5.41) is 0.544. The van der Waals surface area contributed by atoms with E-state index in [4.69, 9.17) is 14.2 Å². The van der Waals surface area contributed by atoms with Gasteiger partial charge in [-0.3, -0.25) is 9.59 Å². The van der Waals surface area contributed by atoms with Crippen LogP contribution in [0.2, 0.25) is 0 Å². The normalized spacial score (nSPS) is 21.2. The van der Waals surface area contributed by atoms with Crippen LogP contribution in [-0.2, 0) is 16.3 Å². The van der Waals surface area contributed by atoms with E-state index in [1.807, 2.05) is 0 Å². The largest absolute Gasteiger partial charge is 0.493 e. The lowest BCUT2D eigenvalue weighted by Gasteiger charge is -2.28. The molecule has 0 radical (unpaired) electrons. The number of carbonyl (C=O) groups is 3. The number of halogens is 3. The van der Waals surface area contributed by atoms with E-state index in [2.05, 4.69) is 14.7 Å². The van der Waals surface area contributed by atoms with Gasteiger partial charge in [-0.1, -0.05) is 0 Å². The Labute approximate surface area is 218 Å². The number of aromatic nitrogens is 2. The molecule has 10 nitrogen and oxygen atoms in total. The third-order valence-corrected chi connectivity index (χ3v) is 7.79. The number of aromatic amines is 2. The predicted octanol–water partition coefficient (Wildman–Crippen LogP) is 3.82. The first-order valence-corrected chi connectivity index (χ1v) is 11.8. The van der Waals surface area contributed by atoms with Crippen LogP contribution in [0, 0.1) is 5.92 Å². The van der Waals surface area contributed by atoms with Gasteiger partial charge in [0.2, 0.25) is 11.5 Å². The number of nitrogens with zero attached hydrogens (tertiary/aromatic N) is 1. The number of esters is 1. The Morgan fingerprint density at radius 1 is 1.05 bits per heavy atom. The van der Waals surface area contributed by atoms with Crippen LogP contribution in [0.25, 0.3) is 10.9 Å². The number of rotatable bonds is 5. The number of fused-ring (bicyclic) bond motifs is 2. The summed E-state index contributed by atoms with van der Waals surface area (Å²) in [6, 6.07) is 3.22. The molecule has 3 aromatic rings. The molecule has 2 aromatic heterocycles. The van der Waals surface area contributed by atoms with Gasteiger partial charge in [0.05, 0.1) is 45.2 Å². The number of allylic oxidation sites excluding steroid dienone is 2. The maximum absolute atomic E-state index is 13.9. The molecule has 2 N–H and O–H groups in total. The lowest BCUT2D eigenvalue weighted by Crippen LogP contribution is -2.34. The zero-order valence-electron chi connectivity index (χ0n) is 21.2. The van der Waals surface area contributed by atoms with Gasteiger partial charge < -0.3 is 33.8 Å². The first-order chi connectivity index (χ1) is 18.5. The molecular weight excluding hydrogens is 523 g/mol. The second-order valence-electron chi connectivity index (χ2n) is 9.59. The lowest BCUT2D eigenvalue weighted by atomic mass is 9.82. The van der Waals surface area contributed by atoms with Gasteiger partial charge >= 0.3 is 12.1 Å². The zero-order chi connectivity index (χ0) is 28.0. The van der Waals surface area contributed by atoms with Gasteiger partial charge in [-0.15, -0.1) is 0 Å². The lowest BCUT2D eigenvalue weighted by molar-refractivity contribution is -0.141. The van der Waals surface area contributed by atoms with Crippen molar-refractivity contribution in [3.63, 3.8) is 0 Å². The molecule has 0 bridgehead atoms. The molecule has 1 saturated carbocycles. The number of amides is 1. The fourth-order valence-electron chi connectivity index (χ4n) is 6.11. The van der Waals surface area contributed by atoms with E-state index in [1.54, 1.807) is 12.1 Å². The first-order valence-electron chi connectivity index (χ1n) is 11.8. The highest BCUT2D eigenvalue weighted by molar-refractivity contribution is 6.12. The van der Waals surface area contributed by atoms with Gasteiger partial charge in [-0.05, 0) is 18.4 Å². The highest BCUT2D eigenvalue weighted by Gasteiger charge is 2.69. The summed E-state index contributed by atoms with van der Waals surface area (Å²) >= 11 is 0. The number of H-pyrrole nitrogens is 2. The van der Waals surface area contributed by atoms with Gasteiger partial charge in [0.25, 0.3) is 5.91 Å². The Hall–Kier alpha value is -4.42. The molecule has 1 aliphatic heterocycles. The number of hydrogen-bond acceptors (Lipinski definition) is 7. The molecule has 2 atom stereocenters. The van der Waals surface area contributed by atoms with Crippen LogP contribution >= 0.6 is 0 Å². The molecule has 204 valence electrons. The molecule has 39 heavy (non-hydrogen) atoms. The smallest absolute Gasteiger partial charge is 0.432 e. The summed E-state index contributed by atoms with van der Waals surface area (Å²) in [6.45, 7) is 0.156. The molecule has 1 aromatic carbocycles. The number of piperidine rings is 1. The molecule has 6 rings (SSSR count). The Kier molecular flexibility index (Phi) is 5.13. The topological polar surface area (TPSA) is 123 Å². The zero-order valence-corrected chi connectivity index (χ0v) is 21.2. The second-order valence-corrected chi connectivity index (χ2v) is 9.59. The number of alkyl halides is 3. The SMILES string of the molecule is COC(=O)c1c(C(F)(F)F)[nH]c2c1[C@]13C[C@@H]1CN(C(=O)c1cc4c(OC)c(OC)c(OC)cc4[nH]1)C3=CC2=O. The number of ketones is 1. The van der Waals surface area contributed by atoms with E-state index in [0.717, 1.165) is 7.11 Å². The number of nitrogens with one attached hydrogen (secondary N) is 2. The number of likely N-dealkylation sites (tertiary alicyclic amines) is 1. The molecule has 1 spiro atoms. The number of benzene rings is 1. The van der Waals surface area contributed by atoms with Crippen molar-refractivity contribution in [1.82, 2.24) is 14.9 Å². The summed E-state index contributed by atoms with van der Waals surface area (Å²) < 4.78 is 62.6. The Morgan fingerprint density at radius 2 is 1.77 bits per heavy atom. The Balaban J connectivity index is 1.45. The van der Waals surface area contributed by atoms with E-state index in [1.165, 1.54) is 32.3 Å². The van der Waals surface area contributed by atoms with E-state index < -0.39 is 40.5 Å². The predicted molar refractivity (Wildman–Crippen MR) is 128 cm³/mol. The minimum absolute atomic E-state index is 0.0581. The molecule has 13 heteroatoms. The third kappa shape index (κ3) is 3.18. The third-order valence-electron chi connectivity index (χ3n) is 7.79. The van der Waals surface area contributed by atoms with Crippen molar-refractivity contribution in [2.24, 2.45) is 5.92 Å². The van der Waals surface area contributed by atoms with Crippen molar-refractivity contribution in [2.45, 2.75) is 18.0 Å². The molecule has 1 saturated heterocycles. The van der Waals surface area contributed by atoms with Gasteiger partial charge in [-0.2, -0.15) is 13.2 Å². The monoisotopic (exact) mass is 545 g/mol. The van der Waals surface area contributed by atoms with Crippen LogP contribution < -0.4 is 14.2 Å². The molecule has 3 heterocycles. The molecule has 1 amide bonds. The van der Waals surface area contributed by atoms with E-state index in [9.17, 15) is 27.6 Å². The maximum atomic E-state index is 13.9. The summed E-state index contributed by atoms with van der Waals surface area (Å²) in [4.78, 5) is 45.9. The van der Waals surface area contributed by atoms with Crippen molar-refractivity contribution < 1.29 is 46.5 Å². The molecule has 2 fully saturated rings. The highest BCUT2D eigenvalue weighted by Crippen LogP contribution is 2.68. The fraction of sp³-hybridized carbons (Fsp3) is 0.346. The number of ether oxygens (including phenoxy) is 4.